The molecule has 0 atom stereocenters. The largest absolute Gasteiger partial charge is 0.213 e. The Hall–Kier alpha value is -2.15. The Balaban J connectivity index is 2.29. The van der Waals surface area contributed by atoms with Crippen molar-refractivity contribution in [2.75, 3.05) is 0 Å². The van der Waals surface area contributed by atoms with E-state index in [2.05, 4.69) is 80.1 Å². The molecule has 0 radical (unpaired) electrons. The van der Waals surface area contributed by atoms with E-state index in [1.165, 1.54) is 33.3 Å². The maximum absolute atomic E-state index is 2.27. The Bertz CT molecular complexity index is 757. The van der Waals surface area contributed by atoms with Gasteiger partial charge in [-0.3, -0.25) is 0 Å². The zero-order chi connectivity index (χ0) is 13.4. The summed E-state index contributed by atoms with van der Waals surface area (Å²) < 4.78 is 2.27. The monoisotopic (exact) mass is 248 g/mol. The van der Waals surface area contributed by atoms with Gasteiger partial charge in [0.2, 0.25) is 11.2 Å². The number of aromatic nitrogens is 1. The molecule has 1 nitrogen and oxygen atoms in total. The molecule has 0 aliphatic heterocycles. The highest BCUT2D eigenvalue weighted by Crippen LogP contribution is 2.22. The minimum atomic E-state index is 1.26. The molecule has 2 aromatic carbocycles. The van der Waals surface area contributed by atoms with Crippen LogP contribution < -0.4 is 4.57 Å². The molecular weight excluding hydrogens is 230 g/mol. The van der Waals surface area contributed by atoms with Gasteiger partial charge in [0.25, 0.3) is 0 Å². The smallest absolute Gasteiger partial charge is 0.194 e. The zero-order valence-electron chi connectivity index (χ0n) is 11.6. The Kier molecular flexibility index (Phi) is 2.83. The molecule has 0 aliphatic carbocycles. The average molecular weight is 248 g/mol. The third kappa shape index (κ3) is 2.01. The minimum absolute atomic E-state index is 1.26. The second-order valence-electron chi connectivity index (χ2n) is 5.15. The third-order valence-corrected chi connectivity index (χ3v) is 3.75. The van der Waals surface area contributed by atoms with Crippen molar-refractivity contribution >= 4 is 10.9 Å². The van der Waals surface area contributed by atoms with Crippen LogP contribution in [-0.2, 0) is 7.05 Å². The average Bonchev–Trinajstić information content (AvgIpc) is 2.40. The van der Waals surface area contributed by atoms with Crippen LogP contribution in [0.4, 0.5) is 0 Å². The molecule has 0 bridgehead atoms. The van der Waals surface area contributed by atoms with Crippen LogP contribution in [0.1, 0.15) is 11.1 Å². The Morgan fingerprint density at radius 2 is 1.63 bits per heavy atom. The van der Waals surface area contributed by atoms with Crippen LogP contribution in [0, 0.1) is 13.8 Å². The van der Waals surface area contributed by atoms with Gasteiger partial charge in [-0.15, -0.1) is 0 Å². The number of aryl methyl sites for hydroxylation is 3. The first kappa shape index (κ1) is 11.9. The molecule has 0 spiro atoms. The van der Waals surface area contributed by atoms with Gasteiger partial charge in [0, 0.05) is 23.1 Å². The van der Waals surface area contributed by atoms with E-state index in [1.807, 2.05) is 0 Å². The standard InChI is InChI=1S/C18H18N/c1-13-8-10-17-15(12-13)9-11-18(19(17)3)16-7-5-4-6-14(16)2/h4-12H,1-3H3/q+1. The second-order valence-corrected chi connectivity index (χ2v) is 5.15. The second kappa shape index (κ2) is 4.51. The first-order chi connectivity index (χ1) is 9.16. The van der Waals surface area contributed by atoms with Gasteiger partial charge >= 0.3 is 0 Å². The zero-order valence-corrected chi connectivity index (χ0v) is 11.6. The van der Waals surface area contributed by atoms with Crippen LogP contribution in [0.15, 0.2) is 54.6 Å². The van der Waals surface area contributed by atoms with Crippen LogP contribution in [0.3, 0.4) is 0 Å². The molecule has 0 saturated carbocycles. The molecule has 0 N–H and O–H groups in total. The van der Waals surface area contributed by atoms with E-state index in [0.717, 1.165) is 0 Å². The summed E-state index contributed by atoms with van der Waals surface area (Å²) in [5.74, 6) is 0. The number of nitrogens with zero attached hydrogens (tertiary/aromatic N) is 1. The van der Waals surface area contributed by atoms with E-state index < -0.39 is 0 Å². The lowest BCUT2D eigenvalue weighted by atomic mass is 10.0. The number of hydrogen-bond donors (Lipinski definition) is 0. The van der Waals surface area contributed by atoms with Crippen molar-refractivity contribution in [3.63, 3.8) is 0 Å². The number of pyridine rings is 1. The summed E-state index contributed by atoms with van der Waals surface area (Å²) in [6.07, 6.45) is 0. The van der Waals surface area contributed by atoms with E-state index in [1.54, 1.807) is 0 Å². The van der Waals surface area contributed by atoms with Crippen LogP contribution in [0.25, 0.3) is 22.2 Å². The quantitative estimate of drug-likeness (QED) is 0.574. The van der Waals surface area contributed by atoms with E-state index in [4.69, 9.17) is 0 Å². The fourth-order valence-electron chi connectivity index (χ4n) is 2.65. The summed E-state index contributed by atoms with van der Waals surface area (Å²) in [7, 11) is 2.14. The van der Waals surface area contributed by atoms with Crippen molar-refractivity contribution in [3.05, 3.63) is 65.7 Å². The topological polar surface area (TPSA) is 3.88 Å². The fourth-order valence-corrected chi connectivity index (χ4v) is 2.65. The summed E-state index contributed by atoms with van der Waals surface area (Å²) in [6.45, 7) is 4.30. The normalized spacial score (nSPS) is 10.9. The van der Waals surface area contributed by atoms with Crippen LogP contribution in [0.5, 0.6) is 0 Å². The molecule has 1 heteroatoms. The van der Waals surface area contributed by atoms with Gasteiger partial charge < -0.3 is 0 Å². The molecule has 0 fully saturated rings. The molecule has 94 valence electrons. The van der Waals surface area contributed by atoms with Crippen LogP contribution >= 0.6 is 0 Å². The SMILES string of the molecule is Cc1ccc2c(ccc(-c3ccccc3C)[n+]2C)c1. The third-order valence-electron chi connectivity index (χ3n) is 3.75. The molecule has 0 unspecified atom stereocenters. The van der Waals surface area contributed by atoms with Crippen molar-refractivity contribution in [2.24, 2.45) is 7.05 Å². The molecule has 0 saturated heterocycles. The van der Waals surface area contributed by atoms with E-state index in [0.29, 0.717) is 0 Å². The maximum atomic E-state index is 2.27. The lowest BCUT2D eigenvalue weighted by Crippen LogP contribution is -2.32. The van der Waals surface area contributed by atoms with E-state index in [9.17, 15) is 0 Å². The van der Waals surface area contributed by atoms with Gasteiger partial charge in [0.15, 0.2) is 0 Å². The van der Waals surface area contributed by atoms with Crippen LogP contribution in [-0.4, -0.2) is 0 Å². The molecule has 3 rings (SSSR count). The van der Waals surface area contributed by atoms with Gasteiger partial charge in [-0.05, 0) is 37.6 Å². The Morgan fingerprint density at radius 1 is 0.842 bits per heavy atom. The summed E-state index contributed by atoms with van der Waals surface area (Å²) in [6, 6.07) is 19.6. The van der Waals surface area contributed by atoms with Gasteiger partial charge in [-0.25, -0.2) is 0 Å². The summed E-state index contributed by atoms with van der Waals surface area (Å²) in [5.41, 5.74) is 6.44. The first-order valence-electron chi connectivity index (χ1n) is 6.62. The molecule has 3 aromatic rings. The fraction of sp³-hybridized carbons (Fsp3) is 0.167. The lowest BCUT2D eigenvalue weighted by molar-refractivity contribution is -0.633. The number of benzene rings is 2. The molecule has 0 amide bonds. The summed E-state index contributed by atoms with van der Waals surface area (Å²) in [4.78, 5) is 0. The van der Waals surface area contributed by atoms with Crippen molar-refractivity contribution in [1.29, 1.82) is 0 Å². The highest BCUT2D eigenvalue weighted by molar-refractivity contribution is 5.78. The van der Waals surface area contributed by atoms with Crippen molar-refractivity contribution in [2.45, 2.75) is 13.8 Å². The highest BCUT2D eigenvalue weighted by atomic mass is 14.9. The Labute approximate surface area is 114 Å². The maximum Gasteiger partial charge on any atom is 0.213 e. The first-order valence-corrected chi connectivity index (χ1v) is 6.62. The summed E-state index contributed by atoms with van der Waals surface area (Å²) in [5, 5.41) is 1.29. The van der Waals surface area contributed by atoms with Gasteiger partial charge in [-0.2, -0.15) is 4.57 Å². The van der Waals surface area contributed by atoms with Gasteiger partial charge in [0.1, 0.15) is 7.05 Å². The van der Waals surface area contributed by atoms with Crippen molar-refractivity contribution in [1.82, 2.24) is 0 Å². The number of hydrogen-bond acceptors (Lipinski definition) is 0. The predicted molar refractivity (Wildman–Crippen MR) is 80.0 cm³/mol. The van der Waals surface area contributed by atoms with Gasteiger partial charge in [0.05, 0.1) is 0 Å². The van der Waals surface area contributed by atoms with Crippen LogP contribution in [0.2, 0.25) is 0 Å². The van der Waals surface area contributed by atoms with E-state index >= 15 is 0 Å². The van der Waals surface area contributed by atoms with Crippen molar-refractivity contribution < 1.29 is 4.57 Å². The highest BCUT2D eigenvalue weighted by Gasteiger charge is 2.14. The molecular formula is C18H18N+. The molecule has 19 heavy (non-hydrogen) atoms. The van der Waals surface area contributed by atoms with Crippen molar-refractivity contribution in [3.8, 4) is 11.3 Å². The summed E-state index contributed by atoms with van der Waals surface area (Å²) >= 11 is 0. The molecule has 1 heterocycles. The van der Waals surface area contributed by atoms with Gasteiger partial charge in [-0.1, -0.05) is 29.8 Å². The minimum Gasteiger partial charge on any atom is -0.194 e. The lowest BCUT2D eigenvalue weighted by Gasteiger charge is -2.06. The predicted octanol–water partition coefficient (Wildman–Crippen LogP) is 3.95. The number of fused-ring (bicyclic) bond motifs is 1. The van der Waals surface area contributed by atoms with E-state index in [-0.39, 0.29) is 0 Å². The molecule has 0 aliphatic rings. The Morgan fingerprint density at radius 3 is 2.42 bits per heavy atom. The number of rotatable bonds is 1. The molecule has 1 aromatic heterocycles.